The summed E-state index contributed by atoms with van der Waals surface area (Å²) in [6, 6.07) is 74.0. The van der Waals surface area contributed by atoms with Crippen LogP contribution in [0.1, 0.15) is 25.0 Å². The van der Waals surface area contributed by atoms with Gasteiger partial charge >= 0.3 is 0 Å². The van der Waals surface area contributed by atoms with Crippen LogP contribution in [0.15, 0.2) is 200 Å². The Morgan fingerprint density at radius 1 is 0.419 bits per heavy atom. The fourth-order valence-electron chi connectivity index (χ4n) is 10.7. The van der Waals surface area contributed by atoms with Crippen LogP contribution in [-0.4, -0.2) is 8.07 Å². The zero-order valence-corrected chi connectivity index (χ0v) is 36.4. The van der Waals surface area contributed by atoms with Gasteiger partial charge in [0.2, 0.25) is 0 Å². The molecule has 10 aromatic rings. The average molecular weight is 812 g/mol. The van der Waals surface area contributed by atoms with Gasteiger partial charge in [0, 0.05) is 28.0 Å². The highest BCUT2D eigenvalue weighted by Crippen LogP contribution is 2.55. The third-order valence-corrected chi connectivity index (χ3v) is 17.4. The first-order valence-corrected chi connectivity index (χ1v) is 24.8. The first-order valence-electron chi connectivity index (χ1n) is 21.8. The molecule has 0 unspecified atom stereocenters. The van der Waals surface area contributed by atoms with Crippen molar-refractivity contribution in [1.29, 1.82) is 0 Å². The first kappa shape index (κ1) is 36.6. The molecule has 0 saturated heterocycles. The fraction of sp³-hybridized carbons (Fsp3) is 0.0847. The lowest BCUT2D eigenvalue weighted by Gasteiger charge is -2.34. The molecule has 0 N–H and O–H groups in total. The van der Waals surface area contributed by atoms with Crippen molar-refractivity contribution < 1.29 is 4.74 Å². The Balaban J connectivity index is 1.11. The summed E-state index contributed by atoms with van der Waals surface area (Å²) in [5, 5.41) is 10.1. The molecule has 62 heavy (non-hydrogen) atoms. The number of ether oxygens (including phenoxy) is 1. The number of hydrogen-bond donors (Lipinski definition) is 0. The highest BCUT2D eigenvalue weighted by molar-refractivity contribution is 7.01. The van der Waals surface area contributed by atoms with Crippen molar-refractivity contribution in [3.05, 3.63) is 211 Å². The second-order valence-electron chi connectivity index (χ2n) is 18.1. The smallest absolute Gasteiger partial charge is 0.135 e. The summed E-state index contributed by atoms with van der Waals surface area (Å²) in [5.41, 5.74) is 13.2. The van der Waals surface area contributed by atoms with Crippen molar-refractivity contribution in [2.75, 3.05) is 4.90 Å². The molecule has 0 fully saturated rings. The number of anilines is 3. The monoisotopic (exact) mass is 811 g/mol. The van der Waals surface area contributed by atoms with Gasteiger partial charge in [-0.15, -0.1) is 0 Å². The van der Waals surface area contributed by atoms with Gasteiger partial charge in [-0.25, -0.2) is 0 Å². The van der Waals surface area contributed by atoms with Gasteiger partial charge < -0.3 is 9.64 Å². The molecule has 12 rings (SSSR count). The molecule has 0 atom stereocenters. The van der Waals surface area contributed by atoms with Crippen LogP contribution in [0.2, 0.25) is 13.1 Å². The summed E-state index contributed by atoms with van der Waals surface area (Å²) in [6.07, 6.45) is 0. The molecule has 0 radical (unpaired) electrons. The number of para-hydroxylation sites is 1. The lowest BCUT2D eigenvalue weighted by molar-refractivity contribution is 0.487. The van der Waals surface area contributed by atoms with Crippen molar-refractivity contribution in [3.8, 4) is 44.9 Å². The Hall–Kier alpha value is -7.20. The molecule has 0 saturated carbocycles. The topological polar surface area (TPSA) is 12.5 Å². The zero-order chi connectivity index (χ0) is 41.7. The molecule has 0 spiro atoms. The summed E-state index contributed by atoms with van der Waals surface area (Å²) in [5.74, 6) is 2.05. The molecule has 1 heterocycles. The maximum atomic E-state index is 6.95. The fourth-order valence-corrected chi connectivity index (χ4v) is 13.5. The highest BCUT2D eigenvalue weighted by atomic mass is 28.3. The molecule has 2 aliphatic rings. The van der Waals surface area contributed by atoms with Crippen LogP contribution in [0.25, 0.3) is 65.7 Å². The maximum absolute atomic E-state index is 6.95. The van der Waals surface area contributed by atoms with Crippen LogP contribution in [0.5, 0.6) is 11.5 Å². The van der Waals surface area contributed by atoms with E-state index in [-0.39, 0.29) is 5.41 Å². The summed E-state index contributed by atoms with van der Waals surface area (Å²) in [7, 11) is -2.01. The van der Waals surface area contributed by atoms with Crippen LogP contribution in [0, 0.1) is 0 Å². The molecule has 1 aliphatic carbocycles. The lowest BCUT2D eigenvalue weighted by Crippen LogP contribution is -2.56. The van der Waals surface area contributed by atoms with E-state index in [4.69, 9.17) is 4.74 Å². The second kappa shape index (κ2) is 13.7. The predicted molar refractivity (Wildman–Crippen MR) is 265 cm³/mol. The van der Waals surface area contributed by atoms with E-state index in [0.29, 0.717) is 0 Å². The van der Waals surface area contributed by atoms with Gasteiger partial charge in [0.25, 0.3) is 0 Å². The van der Waals surface area contributed by atoms with Gasteiger partial charge in [0.1, 0.15) is 19.6 Å². The summed E-state index contributed by atoms with van der Waals surface area (Å²) in [4.78, 5) is 2.47. The van der Waals surface area contributed by atoms with E-state index in [9.17, 15) is 0 Å². The summed E-state index contributed by atoms with van der Waals surface area (Å²) in [6.45, 7) is 9.69. The third-order valence-electron chi connectivity index (χ3n) is 13.9. The van der Waals surface area contributed by atoms with E-state index >= 15 is 0 Å². The van der Waals surface area contributed by atoms with E-state index in [1.54, 1.807) is 0 Å². The first-order chi connectivity index (χ1) is 30.3. The second-order valence-corrected chi connectivity index (χ2v) is 22.4. The molecule has 3 heteroatoms. The number of fused-ring (bicyclic) bond motifs is 9. The van der Waals surface area contributed by atoms with Crippen molar-refractivity contribution in [3.63, 3.8) is 0 Å². The maximum Gasteiger partial charge on any atom is 0.135 e. The Bertz CT molecular complexity index is 3440. The SMILES string of the molecule is CC1(C)c2cc(N(c3ccc4ccccc4c3)c3ccc4c(-c5ccccc5)c5ccccc5c(-c5ccccc5)c4c3)ccc2-c2c1ccc1c2Oc2ccccc2[Si]1(C)C. The molecule has 0 bridgehead atoms. The van der Waals surface area contributed by atoms with E-state index in [1.807, 2.05) is 0 Å². The van der Waals surface area contributed by atoms with Crippen molar-refractivity contribution in [2.45, 2.75) is 32.4 Å². The van der Waals surface area contributed by atoms with Gasteiger partial charge in [-0.3, -0.25) is 0 Å². The largest absolute Gasteiger partial charge is 0.457 e. The minimum atomic E-state index is -2.01. The van der Waals surface area contributed by atoms with Crippen LogP contribution >= 0.6 is 0 Å². The predicted octanol–water partition coefficient (Wildman–Crippen LogP) is 15.2. The van der Waals surface area contributed by atoms with Crippen molar-refractivity contribution in [2.24, 2.45) is 0 Å². The molecule has 0 aromatic heterocycles. The minimum absolute atomic E-state index is 0.246. The van der Waals surface area contributed by atoms with E-state index < -0.39 is 8.07 Å². The zero-order valence-electron chi connectivity index (χ0n) is 35.4. The minimum Gasteiger partial charge on any atom is -0.457 e. The molecule has 0 amide bonds. The van der Waals surface area contributed by atoms with Gasteiger partial charge in [-0.05, 0) is 124 Å². The lowest BCUT2D eigenvalue weighted by atomic mass is 9.82. The van der Waals surface area contributed by atoms with Crippen molar-refractivity contribution in [1.82, 2.24) is 0 Å². The van der Waals surface area contributed by atoms with Crippen molar-refractivity contribution >= 4 is 67.8 Å². The third kappa shape index (κ3) is 5.41. The number of hydrogen-bond acceptors (Lipinski definition) is 2. The molecular formula is C59H45NOSi. The van der Waals surface area contributed by atoms with E-state index in [1.165, 1.54) is 87.2 Å². The molecule has 2 nitrogen and oxygen atoms in total. The Morgan fingerprint density at radius 2 is 0.984 bits per heavy atom. The average Bonchev–Trinajstić information content (AvgIpc) is 3.54. The molecular weight excluding hydrogens is 767 g/mol. The van der Waals surface area contributed by atoms with Gasteiger partial charge in [-0.1, -0.05) is 185 Å². The highest BCUT2D eigenvalue weighted by Gasteiger charge is 2.44. The van der Waals surface area contributed by atoms with Crippen LogP contribution < -0.4 is 20.0 Å². The van der Waals surface area contributed by atoms with Crippen LogP contribution in [-0.2, 0) is 5.41 Å². The van der Waals surface area contributed by atoms with Crippen LogP contribution in [0.4, 0.5) is 17.1 Å². The van der Waals surface area contributed by atoms with Gasteiger partial charge in [-0.2, -0.15) is 0 Å². The Labute approximate surface area is 364 Å². The summed E-state index contributed by atoms with van der Waals surface area (Å²) >= 11 is 0. The number of nitrogens with zero attached hydrogens (tertiary/aromatic N) is 1. The van der Waals surface area contributed by atoms with E-state index in [2.05, 4.69) is 232 Å². The number of rotatable bonds is 5. The van der Waals surface area contributed by atoms with E-state index in [0.717, 1.165) is 28.6 Å². The Kier molecular flexibility index (Phi) is 8.07. The summed E-state index contributed by atoms with van der Waals surface area (Å²) < 4.78 is 6.95. The van der Waals surface area contributed by atoms with Gasteiger partial charge in [0.05, 0.1) is 0 Å². The normalized spacial score (nSPS) is 14.2. The molecule has 1 aliphatic heterocycles. The molecule has 10 aromatic carbocycles. The number of benzene rings is 10. The standard InChI is InChI=1S/C59H45NOSi/c1-59(2)50-33-34-54-58(61-52-25-15-16-26-53(52)62(54,3)4)57(50)48-32-30-44(37-51(48)59)60(42-28-27-38-17-11-12-22-41(38)35-42)43-29-31-47-49(36-43)56(40-20-9-6-10-21-40)46-24-14-13-23-45(46)55(47)39-18-7-5-8-19-39/h5-37H,1-4H3. The Morgan fingerprint density at radius 3 is 1.73 bits per heavy atom. The molecule has 296 valence electrons. The van der Waals surface area contributed by atoms with Gasteiger partial charge in [0.15, 0.2) is 0 Å². The quantitative estimate of drug-likeness (QED) is 0.127. The van der Waals surface area contributed by atoms with Crippen LogP contribution in [0.3, 0.4) is 0 Å².